The maximum Gasteiger partial charge on any atom is 0.257 e. The van der Waals surface area contributed by atoms with Crippen LogP contribution in [0.3, 0.4) is 0 Å². The Morgan fingerprint density at radius 1 is 0.963 bits per heavy atom. The zero-order valence-electron chi connectivity index (χ0n) is 16.0. The number of hydrogen-bond acceptors (Lipinski definition) is 4. The number of aromatic nitrogens is 1. The average Bonchev–Trinajstić information content (AvgIpc) is 3.24. The SMILES string of the molecule is CC1CCN(c2ccc(C(=O)Nc3ccc(N4CCCC4)cc3)cn2)CC1. The van der Waals surface area contributed by atoms with E-state index < -0.39 is 0 Å². The fourth-order valence-electron chi connectivity index (χ4n) is 3.88. The molecule has 1 N–H and O–H groups in total. The van der Waals surface area contributed by atoms with Crippen LogP contribution in [-0.4, -0.2) is 37.1 Å². The van der Waals surface area contributed by atoms with Gasteiger partial charge in [0.05, 0.1) is 5.56 Å². The summed E-state index contributed by atoms with van der Waals surface area (Å²) >= 11 is 0. The molecule has 27 heavy (non-hydrogen) atoms. The highest BCUT2D eigenvalue weighted by atomic mass is 16.1. The number of nitrogens with zero attached hydrogens (tertiary/aromatic N) is 3. The molecule has 5 heteroatoms. The lowest BCUT2D eigenvalue weighted by molar-refractivity contribution is 0.102. The van der Waals surface area contributed by atoms with Crippen LogP contribution in [0, 0.1) is 5.92 Å². The van der Waals surface area contributed by atoms with Gasteiger partial charge in [0.15, 0.2) is 0 Å². The van der Waals surface area contributed by atoms with Gasteiger partial charge in [-0.25, -0.2) is 4.98 Å². The molecule has 5 nitrogen and oxygen atoms in total. The van der Waals surface area contributed by atoms with Gasteiger partial charge in [0, 0.05) is 43.8 Å². The molecule has 0 saturated carbocycles. The Balaban J connectivity index is 1.36. The van der Waals surface area contributed by atoms with Crippen molar-refractivity contribution in [1.29, 1.82) is 0 Å². The number of anilines is 3. The largest absolute Gasteiger partial charge is 0.372 e. The summed E-state index contributed by atoms with van der Waals surface area (Å²) in [6.07, 6.45) is 6.62. The maximum atomic E-state index is 12.5. The van der Waals surface area contributed by atoms with Crippen molar-refractivity contribution in [3.05, 3.63) is 48.2 Å². The van der Waals surface area contributed by atoms with Gasteiger partial charge in [-0.05, 0) is 68.0 Å². The smallest absolute Gasteiger partial charge is 0.257 e. The summed E-state index contributed by atoms with van der Waals surface area (Å²) in [5, 5.41) is 2.97. The minimum Gasteiger partial charge on any atom is -0.372 e. The first-order chi connectivity index (χ1) is 13.2. The van der Waals surface area contributed by atoms with Crippen molar-refractivity contribution >= 4 is 23.1 Å². The van der Waals surface area contributed by atoms with E-state index in [1.54, 1.807) is 6.20 Å². The second-order valence-corrected chi connectivity index (χ2v) is 7.77. The van der Waals surface area contributed by atoms with E-state index in [4.69, 9.17) is 0 Å². The van der Waals surface area contributed by atoms with Crippen molar-refractivity contribution < 1.29 is 4.79 Å². The third-order valence-electron chi connectivity index (χ3n) is 5.71. The van der Waals surface area contributed by atoms with Gasteiger partial charge in [-0.15, -0.1) is 0 Å². The minimum atomic E-state index is -0.116. The van der Waals surface area contributed by atoms with E-state index in [2.05, 4.69) is 39.2 Å². The number of benzene rings is 1. The van der Waals surface area contributed by atoms with Crippen molar-refractivity contribution in [3.63, 3.8) is 0 Å². The van der Waals surface area contributed by atoms with E-state index in [0.29, 0.717) is 5.56 Å². The van der Waals surface area contributed by atoms with Crippen LogP contribution in [0.5, 0.6) is 0 Å². The van der Waals surface area contributed by atoms with Gasteiger partial charge in [-0.2, -0.15) is 0 Å². The molecule has 2 aromatic rings. The molecule has 2 fully saturated rings. The van der Waals surface area contributed by atoms with Gasteiger partial charge in [0.2, 0.25) is 0 Å². The zero-order valence-corrected chi connectivity index (χ0v) is 16.0. The third-order valence-corrected chi connectivity index (χ3v) is 5.71. The lowest BCUT2D eigenvalue weighted by Gasteiger charge is -2.31. The van der Waals surface area contributed by atoms with Gasteiger partial charge in [0.1, 0.15) is 5.82 Å². The van der Waals surface area contributed by atoms with Crippen molar-refractivity contribution in [2.45, 2.75) is 32.6 Å². The van der Waals surface area contributed by atoms with Crippen LogP contribution in [0.1, 0.15) is 43.0 Å². The normalized spacial score (nSPS) is 18.0. The van der Waals surface area contributed by atoms with Crippen LogP contribution in [-0.2, 0) is 0 Å². The van der Waals surface area contributed by atoms with Crippen molar-refractivity contribution in [2.75, 3.05) is 41.3 Å². The van der Waals surface area contributed by atoms with Crippen molar-refractivity contribution in [1.82, 2.24) is 4.98 Å². The molecule has 142 valence electrons. The lowest BCUT2D eigenvalue weighted by atomic mass is 9.99. The summed E-state index contributed by atoms with van der Waals surface area (Å²) in [4.78, 5) is 21.7. The number of carbonyl (C=O) groups is 1. The standard InChI is InChI=1S/C22H28N4O/c1-17-10-14-26(15-11-17)21-9-4-18(16-23-21)22(27)24-19-5-7-20(8-6-19)25-12-2-3-13-25/h4-9,16-17H,2-3,10-15H2,1H3,(H,24,27). The minimum absolute atomic E-state index is 0.116. The second-order valence-electron chi connectivity index (χ2n) is 7.77. The molecule has 0 aliphatic carbocycles. The maximum absolute atomic E-state index is 12.5. The highest BCUT2D eigenvalue weighted by Gasteiger charge is 2.17. The molecule has 1 aromatic carbocycles. The highest BCUT2D eigenvalue weighted by molar-refractivity contribution is 6.04. The fraction of sp³-hybridized carbons (Fsp3) is 0.455. The Morgan fingerprint density at radius 3 is 2.30 bits per heavy atom. The summed E-state index contributed by atoms with van der Waals surface area (Å²) in [5.74, 6) is 1.65. The number of pyridine rings is 1. The van der Waals surface area contributed by atoms with E-state index in [-0.39, 0.29) is 5.91 Å². The lowest BCUT2D eigenvalue weighted by Crippen LogP contribution is -2.33. The van der Waals surface area contributed by atoms with Crippen LogP contribution in [0.4, 0.5) is 17.2 Å². The summed E-state index contributed by atoms with van der Waals surface area (Å²) < 4.78 is 0. The second kappa shape index (κ2) is 7.99. The molecule has 1 amide bonds. The van der Waals surface area contributed by atoms with E-state index in [1.165, 1.54) is 31.4 Å². The Morgan fingerprint density at radius 2 is 1.67 bits per heavy atom. The molecule has 2 saturated heterocycles. The van der Waals surface area contributed by atoms with Crippen LogP contribution in [0.25, 0.3) is 0 Å². The monoisotopic (exact) mass is 364 g/mol. The van der Waals surface area contributed by atoms with Gasteiger partial charge in [-0.1, -0.05) is 6.92 Å². The Hall–Kier alpha value is -2.56. The van der Waals surface area contributed by atoms with Gasteiger partial charge >= 0.3 is 0 Å². The Labute approximate surface area is 161 Å². The number of amides is 1. The zero-order chi connectivity index (χ0) is 18.6. The first kappa shape index (κ1) is 17.8. The van der Waals surface area contributed by atoms with E-state index in [1.807, 2.05) is 24.3 Å². The van der Waals surface area contributed by atoms with E-state index in [0.717, 1.165) is 43.6 Å². The number of nitrogens with one attached hydrogen (secondary N) is 1. The predicted octanol–water partition coefficient (Wildman–Crippen LogP) is 4.17. The molecule has 0 radical (unpaired) electrons. The van der Waals surface area contributed by atoms with Crippen molar-refractivity contribution in [3.8, 4) is 0 Å². The quantitative estimate of drug-likeness (QED) is 0.884. The summed E-state index contributed by atoms with van der Waals surface area (Å²) in [6.45, 7) is 6.64. The predicted molar refractivity (Wildman–Crippen MR) is 111 cm³/mol. The Kier molecular flexibility index (Phi) is 5.28. The van der Waals surface area contributed by atoms with Crippen LogP contribution < -0.4 is 15.1 Å². The average molecular weight is 364 g/mol. The number of carbonyl (C=O) groups excluding carboxylic acids is 1. The third kappa shape index (κ3) is 4.24. The van der Waals surface area contributed by atoms with Gasteiger partial charge < -0.3 is 15.1 Å². The molecule has 2 aliphatic rings. The van der Waals surface area contributed by atoms with Crippen LogP contribution in [0.15, 0.2) is 42.6 Å². The van der Waals surface area contributed by atoms with Crippen molar-refractivity contribution in [2.24, 2.45) is 5.92 Å². The summed E-state index contributed by atoms with van der Waals surface area (Å²) in [6, 6.07) is 11.9. The van der Waals surface area contributed by atoms with E-state index >= 15 is 0 Å². The van der Waals surface area contributed by atoms with E-state index in [9.17, 15) is 4.79 Å². The number of piperidine rings is 1. The molecule has 0 spiro atoms. The van der Waals surface area contributed by atoms with Crippen LogP contribution in [0.2, 0.25) is 0 Å². The molecule has 2 aliphatic heterocycles. The molecule has 0 unspecified atom stereocenters. The molecule has 0 bridgehead atoms. The topological polar surface area (TPSA) is 48.5 Å². The summed E-state index contributed by atoms with van der Waals surface area (Å²) in [7, 11) is 0. The molecule has 1 aromatic heterocycles. The molecular weight excluding hydrogens is 336 g/mol. The number of rotatable bonds is 4. The summed E-state index contributed by atoms with van der Waals surface area (Å²) in [5.41, 5.74) is 2.64. The number of hydrogen-bond donors (Lipinski definition) is 1. The first-order valence-corrected chi connectivity index (χ1v) is 10.1. The first-order valence-electron chi connectivity index (χ1n) is 10.1. The molecule has 0 atom stereocenters. The Bertz CT molecular complexity index is 758. The fourth-order valence-corrected chi connectivity index (χ4v) is 3.88. The van der Waals surface area contributed by atoms with Gasteiger partial charge in [-0.3, -0.25) is 4.79 Å². The van der Waals surface area contributed by atoms with Gasteiger partial charge in [0.25, 0.3) is 5.91 Å². The van der Waals surface area contributed by atoms with Crippen LogP contribution >= 0.6 is 0 Å². The highest BCUT2D eigenvalue weighted by Crippen LogP contribution is 2.23. The molecule has 3 heterocycles. The molecular formula is C22H28N4O. The molecule has 4 rings (SSSR count).